The van der Waals surface area contributed by atoms with E-state index in [2.05, 4.69) is 24.3 Å². The molecule has 0 amide bonds. The van der Waals surface area contributed by atoms with Gasteiger partial charge in [-0.05, 0) is 46.1 Å². The molecule has 102 valence electrons. The molecule has 2 rings (SSSR count). The average Bonchev–Trinajstić information content (AvgIpc) is 2.61. The zero-order chi connectivity index (χ0) is 13.0. The molecule has 1 unspecified atom stereocenters. The van der Waals surface area contributed by atoms with Gasteiger partial charge in [0.1, 0.15) is 0 Å². The van der Waals surface area contributed by atoms with Crippen LogP contribution >= 0.6 is 0 Å². The fourth-order valence-corrected chi connectivity index (χ4v) is 2.58. The molecule has 18 heavy (non-hydrogen) atoms. The number of nitrogens with one attached hydrogen (secondary N) is 1. The number of hydrogen-bond acceptors (Lipinski definition) is 3. The van der Waals surface area contributed by atoms with E-state index in [1.165, 1.54) is 30.5 Å². The molecule has 0 bridgehead atoms. The van der Waals surface area contributed by atoms with Crippen LogP contribution in [0.5, 0.6) is 0 Å². The van der Waals surface area contributed by atoms with Gasteiger partial charge in [0.05, 0.1) is 11.8 Å². The second-order valence-electron chi connectivity index (χ2n) is 5.23. The fourth-order valence-electron chi connectivity index (χ4n) is 2.58. The van der Waals surface area contributed by atoms with Crippen LogP contribution < -0.4 is 5.32 Å². The first-order chi connectivity index (χ1) is 8.68. The van der Waals surface area contributed by atoms with Gasteiger partial charge >= 0.3 is 0 Å². The van der Waals surface area contributed by atoms with Crippen LogP contribution in [0.25, 0.3) is 0 Å². The Kier molecular flexibility index (Phi) is 4.78. The summed E-state index contributed by atoms with van der Waals surface area (Å²) in [6, 6.07) is 0. The Labute approximate surface area is 110 Å². The Balaban J connectivity index is 1.71. The van der Waals surface area contributed by atoms with Crippen molar-refractivity contribution in [3.8, 4) is 0 Å². The fraction of sp³-hybridized carbons (Fsp3) is 0.786. The van der Waals surface area contributed by atoms with Crippen molar-refractivity contribution >= 4 is 0 Å². The molecule has 0 aromatic carbocycles. The molecule has 1 aliphatic heterocycles. The van der Waals surface area contributed by atoms with Crippen LogP contribution in [0, 0.1) is 13.8 Å². The van der Waals surface area contributed by atoms with E-state index in [1.807, 2.05) is 11.7 Å². The lowest BCUT2D eigenvalue weighted by Crippen LogP contribution is -2.25. The molecular weight excluding hydrogens is 226 g/mol. The molecule has 0 aliphatic carbocycles. The Hall–Kier alpha value is -0.870. The minimum Gasteiger partial charge on any atom is -0.378 e. The number of hydrogen-bond donors (Lipinski definition) is 1. The summed E-state index contributed by atoms with van der Waals surface area (Å²) >= 11 is 0. The smallest absolute Gasteiger partial charge is 0.0641 e. The molecule has 0 spiro atoms. The summed E-state index contributed by atoms with van der Waals surface area (Å²) < 4.78 is 7.68. The van der Waals surface area contributed by atoms with Crippen molar-refractivity contribution in [3.63, 3.8) is 0 Å². The lowest BCUT2D eigenvalue weighted by molar-refractivity contribution is 0.0115. The molecule has 4 nitrogen and oxygen atoms in total. The molecule has 1 atom stereocenters. The third kappa shape index (κ3) is 3.33. The van der Waals surface area contributed by atoms with E-state index in [0.29, 0.717) is 6.10 Å². The number of aromatic nitrogens is 2. The van der Waals surface area contributed by atoms with Gasteiger partial charge < -0.3 is 10.1 Å². The highest BCUT2D eigenvalue weighted by Crippen LogP contribution is 2.15. The van der Waals surface area contributed by atoms with Gasteiger partial charge in [-0.2, -0.15) is 5.10 Å². The monoisotopic (exact) mass is 251 g/mol. The topological polar surface area (TPSA) is 39.1 Å². The Bertz CT molecular complexity index is 381. The maximum absolute atomic E-state index is 5.73. The first kappa shape index (κ1) is 13.6. The molecule has 1 aromatic heterocycles. The maximum Gasteiger partial charge on any atom is 0.0641 e. The van der Waals surface area contributed by atoms with Crippen molar-refractivity contribution in [1.82, 2.24) is 15.1 Å². The van der Waals surface area contributed by atoms with Crippen LogP contribution in [0.4, 0.5) is 0 Å². The van der Waals surface area contributed by atoms with Crippen molar-refractivity contribution in [2.45, 2.75) is 52.2 Å². The summed E-state index contributed by atoms with van der Waals surface area (Å²) in [4.78, 5) is 0. The van der Waals surface area contributed by atoms with Crippen LogP contribution in [0.15, 0.2) is 0 Å². The molecular formula is C14H25N3O. The predicted molar refractivity (Wildman–Crippen MR) is 72.6 cm³/mol. The normalized spacial score (nSPS) is 20.3. The van der Waals surface area contributed by atoms with Gasteiger partial charge in [0.15, 0.2) is 0 Å². The lowest BCUT2D eigenvalue weighted by atomic mass is 10.1. The first-order valence-electron chi connectivity index (χ1n) is 7.00. The summed E-state index contributed by atoms with van der Waals surface area (Å²) in [6.07, 6.45) is 5.39. The lowest BCUT2D eigenvalue weighted by Gasteiger charge is -2.22. The summed E-state index contributed by atoms with van der Waals surface area (Å²) in [7, 11) is 2.00. The van der Waals surface area contributed by atoms with Crippen LogP contribution in [0.2, 0.25) is 0 Å². The molecule has 1 aromatic rings. The van der Waals surface area contributed by atoms with E-state index in [4.69, 9.17) is 4.74 Å². The molecule has 0 radical (unpaired) electrons. The highest BCUT2D eigenvalue weighted by Gasteiger charge is 2.13. The van der Waals surface area contributed by atoms with Gasteiger partial charge in [-0.25, -0.2) is 0 Å². The molecule has 2 heterocycles. The van der Waals surface area contributed by atoms with Crippen molar-refractivity contribution in [2.75, 3.05) is 13.2 Å². The van der Waals surface area contributed by atoms with E-state index >= 15 is 0 Å². The van der Waals surface area contributed by atoms with Gasteiger partial charge in [0.25, 0.3) is 0 Å². The van der Waals surface area contributed by atoms with Gasteiger partial charge in [-0.3, -0.25) is 4.68 Å². The van der Waals surface area contributed by atoms with E-state index in [0.717, 1.165) is 31.8 Å². The standard InChI is InChI=1S/C14H25N3O/c1-11-14(12(2)17(3)16-11)10-15-8-7-13-6-4-5-9-18-13/h13,15H,4-10H2,1-3H3. The number of nitrogens with zero attached hydrogens (tertiary/aromatic N) is 2. The van der Waals surface area contributed by atoms with Gasteiger partial charge in [-0.1, -0.05) is 0 Å². The van der Waals surface area contributed by atoms with Crippen LogP contribution in [0.1, 0.15) is 42.6 Å². The molecule has 0 saturated carbocycles. The minimum atomic E-state index is 0.474. The average molecular weight is 251 g/mol. The van der Waals surface area contributed by atoms with E-state index in [1.54, 1.807) is 0 Å². The zero-order valence-electron chi connectivity index (χ0n) is 11.8. The molecule has 1 saturated heterocycles. The summed E-state index contributed by atoms with van der Waals surface area (Å²) in [6.45, 7) is 7.09. The second kappa shape index (κ2) is 6.34. The molecule has 1 fully saturated rings. The molecule has 1 aliphatic rings. The van der Waals surface area contributed by atoms with Gasteiger partial charge in [-0.15, -0.1) is 0 Å². The number of aryl methyl sites for hydroxylation is 2. The summed E-state index contributed by atoms with van der Waals surface area (Å²) in [5.74, 6) is 0. The van der Waals surface area contributed by atoms with E-state index < -0.39 is 0 Å². The maximum atomic E-state index is 5.73. The van der Waals surface area contributed by atoms with Gasteiger partial charge in [0.2, 0.25) is 0 Å². The SMILES string of the molecule is Cc1nn(C)c(C)c1CNCCC1CCCCO1. The quantitative estimate of drug-likeness (QED) is 0.814. The minimum absolute atomic E-state index is 0.474. The van der Waals surface area contributed by atoms with Crippen molar-refractivity contribution in [2.24, 2.45) is 7.05 Å². The van der Waals surface area contributed by atoms with Gasteiger partial charge in [0, 0.05) is 31.5 Å². The van der Waals surface area contributed by atoms with E-state index in [9.17, 15) is 0 Å². The second-order valence-corrected chi connectivity index (χ2v) is 5.23. The third-order valence-corrected chi connectivity index (χ3v) is 3.88. The highest BCUT2D eigenvalue weighted by molar-refractivity contribution is 5.23. The Morgan fingerprint density at radius 3 is 2.83 bits per heavy atom. The highest BCUT2D eigenvalue weighted by atomic mass is 16.5. The predicted octanol–water partition coefficient (Wildman–Crippen LogP) is 2.09. The van der Waals surface area contributed by atoms with Crippen LogP contribution in [-0.4, -0.2) is 29.0 Å². The first-order valence-corrected chi connectivity index (χ1v) is 7.00. The van der Waals surface area contributed by atoms with Crippen molar-refractivity contribution in [1.29, 1.82) is 0 Å². The summed E-state index contributed by atoms with van der Waals surface area (Å²) in [5.41, 5.74) is 3.73. The third-order valence-electron chi connectivity index (χ3n) is 3.88. The Morgan fingerprint density at radius 2 is 2.22 bits per heavy atom. The van der Waals surface area contributed by atoms with Crippen LogP contribution in [0.3, 0.4) is 0 Å². The van der Waals surface area contributed by atoms with Crippen LogP contribution in [-0.2, 0) is 18.3 Å². The van der Waals surface area contributed by atoms with E-state index in [-0.39, 0.29) is 0 Å². The zero-order valence-corrected chi connectivity index (χ0v) is 11.8. The van der Waals surface area contributed by atoms with Crippen molar-refractivity contribution in [3.05, 3.63) is 17.0 Å². The largest absolute Gasteiger partial charge is 0.378 e. The molecule has 4 heteroatoms. The molecule has 1 N–H and O–H groups in total. The number of rotatable bonds is 5. The summed E-state index contributed by atoms with van der Waals surface area (Å²) in [5, 5.41) is 7.94. The van der Waals surface area contributed by atoms with Crippen molar-refractivity contribution < 1.29 is 4.74 Å². The number of ether oxygens (including phenoxy) is 1. The Morgan fingerprint density at radius 1 is 1.39 bits per heavy atom.